The van der Waals surface area contributed by atoms with E-state index >= 15 is 0 Å². The Labute approximate surface area is 126 Å². The third-order valence-electron chi connectivity index (χ3n) is 3.93. The molecule has 2 nitrogen and oxygen atoms in total. The molecule has 0 N–H and O–H groups in total. The molecule has 1 aromatic heterocycles. The molecule has 1 unspecified atom stereocenters. The summed E-state index contributed by atoms with van der Waals surface area (Å²) in [6.45, 7) is 8.08. The molecular weight excluding hydrogens is 276 g/mol. The Kier molecular flexibility index (Phi) is 5.67. The van der Waals surface area contributed by atoms with Crippen molar-refractivity contribution in [2.24, 2.45) is 5.92 Å². The molecule has 1 aliphatic carbocycles. The minimum Gasteiger partial charge on any atom is -0.291 e. The van der Waals surface area contributed by atoms with Crippen molar-refractivity contribution in [2.45, 2.75) is 64.4 Å². The van der Waals surface area contributed by atoms with Crippen LogP contribution in [0.25, 0.3) is 0 Å². The van der Waals surface area contributed by atoms with Crippen LogP contribution in [0.3, 0.4) is 0 Å². The third kappa shape index (κ3) is 3.93. The highest BCUT2D eigenvalue weighted by molar-refractivity contribution is 7.09. The maximum absolute atomic E-state index is 5.87. The van der Waals surface area contributed by atoms with Crippen molar-refractivity contribution in [1.82, 2.24) is 9.88 Å². The van der Waals surface area contributed by atoms with E-state index in [1.54, 1.807) is 11.3 Å². The fourth-order valence-electron chi connectivity index (χ4n) is 3.00. The van der Waals surface area contributed by atoms with Crippen LogP contribution in [0.5, 0.6) is 0 Å². The summed E-state index contributed by atoms with van der Waals surface area (Å²) in [5.74, 6) is 1.23. The van der Waals surface area contributed by atoms with E-state index in [1.807, 2.05) is 0 Å². The van der Waals surface area contributed by atoms with Gasteiger partial charge in [0.05, 0.1) is 17.6 Å². The van der Waals surface area contributed by atoms with E-state index in [2.05, 4.69) is 36.0 Å². The molecule has 1 saturated carbocycles. The Balaban J connectivity index is 2.11. The average molecular weight is 301 g/mol. The molecular formula is C15H25ClN2S. The van der Waals surface area contributed by atoms with Gasteiger partial charge in [-0.1, -0.05) is 26.7 Å². The van der Waals surface area contributed by atoms with E-state index in [-0.39, 0.29) is 0 Å². The standard InChI is InChI=1S/C15H25ClN2S/c1-11(2)9-18(14-6-4-5-7-14)12(3)15-17-13(8-16)10-19-15/h10-12,14H,4-9H2,1-3H3. The smallest absolute Gasteiger partial charge is 0.110 e. The van der Waals surface area contributed by atoms with Gasteiger partial charge >= 0.3 is 0 Å². The topological polar surface area (TPSA) is 16.1 Å². The molecule has 108 valence electrons. The second-order valence-corrected chi connectivity index (χ2v) is 7.17. The third-order valence-corrected chi connectivity index (χ3v) is 5.27. The maximum atomic E-state index is 5.87. The van der Waals surface area contributed by atoms with Gasteiger partial charge < -0.3 is 0 Å². The van der Waals surface area contributed by atoms with Gasteiger partial charge in [-0.3, -0.25) is 4.90 Å². The molecule has 1 aromatic rings. The van der Waals surface area contributed by atoms with Crippen LogP contribution in [-0.4, -0.2) is 22.5 Å². The monoisotopic (exact) mass is 300 g/mol. The van der Waals surface area contributed by atoms with E-state index in [9.17, 15) is 0 Å². The largest absolute Gasteiger partial charge is 0.291 e. The highest BCUT2D eigenvalue weighted by Gasteiger charge is 2.29. The van der Waals surface area contributed by atoms with Gasteiger partial charge in [0, 0.05) is 18.0 Å². The summed E-state index contributed by atoms with van der Waals surface area (Å²) in [5, 5.41) is 3.32. The van der Waals surface area contributed by atoms with Crippen molar-refractivity contribution < 1.29 is 0 Å². The second-order valence-electron chi connectivity index (χ2n) is 6.02. The van der Waals surface area contributed by atoms with Crippen LogP contribution >= 0.6 is 22.9 Å². The van der Waals surface area contributed by atoms with E-state index in [0.717, 1.165) is 11.7 Å². The minimum atomic E-state index is 0.424. The molecule has 0 radical (unpaired) electrons. The Hall–Kier alpha value is -0.120. The molecule has 2 rings (SSSR count). The molecule has 19 heavy (non-hydrogen) atoms. The lowest BCUT2D eigenvalue weighted by atomic mass is 10.1. The summed E-state index contributed by atoms with van der Waals surface area (Å²) in [7, 11) is 0. The van der Waals surface area contributed by atoms with Gasteiger partial charge in [0.1, 0.15) is 5.01 Å². The van der Waals surface area contributed by atoms with Crippen molar-refractivity contribution in [1.29, 1.82) is 0 Å². The van der Waals surface area contributed by atoms with Crippen LogP contribution in [0.2, 0.25) is 0 Å². The normalized spacial score (nSPS) is 18.6. The van der Waals surface area contributed by atoms with Gasteiger partial charge in [0.15, 0.2) is 0 Å². The van der Waals surface area contributed by atoms with Crippen LogP contribution in [-0.2, 0) is 5.88 Å². The summed E-state index contributed by atoms with van der Waals surface area (Å²) >= 11 is 7.63. The summed E-state index contributed by atoms with van der Waals surface area (Å²) in [6.07, 6.45) is 5.48. The van der Waals surface area contributed by atoms with Crippen molar-refractivity contribution >= 4 is 22.9 Å². The van der Waals surface area contributed by atoms with Crippen LogP contribution in [0.4, 0.5) is 0 Å². The zero-order chi connectivity index (χ0) is 13.8. The Morgan fingerprint density at radius 1 is 1.37 bits per heavy atom. The summed E-state index contributed by atoms with van der Waals surface area (Å²) in [6, 6.07) is 1.17. The first kappa shape index (κ1) is 15.3. The number of thiazole rings is 1. The van der Waals surface area contributed by atoms with E-state index in [1.165, 1.54) is 37.2 Å². The lowest BCUT2D eigenvalue weighted by Crippen LogP contribution is -2.38. The quantitative estimate of drug-likeness (QED) is 0.699. The predicted octanol–water partition coefficient (Wildman–Crippen LogP) is 4.84. The molecule has 0 spiro atoms. The van der Waals surface area contributed by atoms with Gasteiger partial charge in [0.2, 0.25) is 0 Å². The number of halogens is 1. The first-order valence-corrected chi connectivity index (χ1v) is 8.79. The fraction of sp³-hybridized carbons (Fsp3) is 0.800. The van der Waals surface area contributed by atoms with Crippen molar-refractivity contribution in [2.75, 3.05) is 6.54 Å². The van der Waals surface area contributed by atoms with Crippen molar-refractivity contribution in [3.8, 4) is 0 Å². The summed E-state index contributed by atoms with van der Waals surface area (Å²) in [4.78, 5) is 7.35. The number of alkyl halides is 1. The number of nitrogens with zero attached hydrogens (tertiary/aromatic N) is 2. The van der Waals surface area contributed by atoms with E-state index < -0.39 is 0 Å². The zero-order valence-corrected chi connectivity index (χ0v) is 13.8. The van der Waals surface area contributed by atoms with Crippen LogP contribution < -0.4 is 0 Å². The molecule has 0 saturated heterocycles. The van der Waals surface area contributed by atoms with E-state index in [4.69, 9.17) is 11.6 Å². The number of rotatable bonds is 6. The Morgan fingerprint density at radius 2 is 2.05 bits per heavy atom. The van der Waals surface area contributed by atoms with Crippen molar-refractivity contribution in [3.05, 3.63) is 16.1 Å². The molecule has 0 amide bonds. The summed E-state index contributed by atoms with van der Waals surface area (Å²) in [5.41, 5.74) is 1.02. The average Bonchev–Trinajstić information content (AvgIpc) is 3.05. The van der Waals surface area contributed by atoms with Gasteiger partial charge in [0.25, 0.3) is 0 Å². The second kappa shape index (κ2) is 7.05. The highest BCUT2D eigenvalue weighted by atomic mass is 35.5. The minimum absolute atomic E-state index is 0.424. The molecule has 0 aliphatic heterocycles. The Bertz CT molecular complexity index is 385. The predicted molar refractivity (Wildman–Crippen MR) is 83.9 cm³/mol. The van der Waals surface area contributed by atoms with E-state index in [0.29, 0.717) is 17.8 Å². The molecule has 1 atom stereocenters. The van der Waals surface area contributed by atoms with Gasteiger partial charge in [-0.2, -0.15) is 0 Å². The van der Waals surface area contributed by atoms with Gasteiger partial charge in [-0.05, 0) is 25.7 Å². The molecule has 0 bridgehead atoms. The Morgan fingerprint density at radius 3 is 2.58 bits per heavy atom. The molecule has 1 aliphatic rings. The fourth-order valence-corrected chi connectivity index (χ4v) is 4.12. The lowest BCUT2D eigenvalue weighted by molar-refractivity contribution is 0.127. The molecule has 1 heterocycles. The lowest BCUT2D eigenvalue weighted by Gasteiger charge is -2.34. The number of hydrogen-bond acceptors (Lipinski definition) is 3. The summed E-state index contributed by atoms with van der Waals surface area (Å²) < 4.78 is 0. The number of hydrogen-bond donors (Lipinski definition) is 0. The number of aromatic nitrogens is 1. The van der Waals surface area contributed by atoms with Crippen LogP contribution in [0.1, 0.15) is 63.2 Å². The first-order valence-electron chi connectivity index (χ1n) is 7.37. The van der Waals surface area contributed by atoms with Crippen molar-refractivity contribution in [3.63, 3.8) is 0 Å². The first-order chi connectivity index (χ1) is 9.11. The van der Waals surface area contributed by atoms with Crippen LogP contribution in [0.15, 0.2) is 5.38 Å². The highest BCUT2D eigenvalue weighted by Crippen LogP contribution is 2.33. The van der Waals surface area contributed by atoms with Gasteiger partial charge in [-0.15, -0.1) is 22.9 Å². The molecule has 0 aromatic carbocycles. The zero-order valence-electron chi connectivity index (χ0n) is 12.2. The van der Waals surface area contributed by atoms with Crippen LogP contribution in [0, 0.1) is 5.92 Å². The maximum Gasteiger partial charge on any atom is 0.110 e. The molecule has 1 fully saturated rings. The van der Waals surface area contributed by atoms with Gasteiger partial charge in [-0.25, -0.2) is 4.98 Å². The SMILES string of the molecule is CC(C)CN(C1CCCC1)C(C)c1nc(CCl)cs1. The molecule has 4 heteroatoms.